The molecule has 0 amide bonds. The molecule has 0 saturated carbocycles. The smallest absolute Gasteiger partial charge is 0.326 e. The van der Waals surface area contributed by atoms with Gasteiger partial charge in [-0.3, -0.25) is 9.59 Å². The fourth-order valence-corrected chi connectivity index (χ4v) is 3.10. The molecule has 8 heteroatoms. The molecule has 0 spiro atoms. The van der Waals surface area contributed by atoms with Crippen LogP contribution in [-0.4, -0.2) is 55.0 Å². The number of carbonyl (C=O) groups is 3. The van der Waals surface area contributed by atoms with E-state index in [4.69, 9.17) is 16.3 Å². The zero-order valence-electron chi connectivity index (χ0n) is 16.0. The number of carboxylic acid groups (broad SMARTS) is 1. The predicted molar refractivity (Wildman–Crippen MR) is 106 cm³/mol. The lowest BCUT2D eigenvalue weighted by molar-refractivity contribution is -0.139. The topological polar surface area (TPSA) is 105 Å². The number of nitrogens with one attached hydrogen (secondary N) is 2. The van der Waals surface area contributed by atoms with Crippen molar-refractivity contribution in [3.8, 4) is 0 Å². The molecule has 7 nitrogen and oxygen atoms in total. The van der Waals surface area contributed by atoms with Gasteiger partial charge in [0.05, 0.1) is 13.2 Å². The van der Waals surface area contributed by atoms with E-state index in [-0.39, 0.29) is 27.8 Å². The van der Waals surface area contributed by atoms with Crippen molar-refractivity contribution in [3.63, 3.8) is 0 Å². The maximum atomic E-state index is 12.5. The number of halogens is 1. The van der Waals surface area contributed by atoms with Crippen LogP contribution in [0.3, 0.4) is 0 Å². The summed E-state index contributed by atoms with van der Waals surface area (Å²) in [6.07, 6.45) is 0.312. The van der Waals surface area contributed by atoms with E-state index >= 15 is 0 Å². The number of hydrogen-bond acceptors (Lipinski definition) is 6. The molecule has 1 heterocycles. The van der Waals surface area contributed by atoms with Gasteiger partial charge in [-0.1, -0.05) is 49.7 Å². The number of ether oxygens (including phenoxy) is 1. The second kappa shape index (κ2) is 10.4. The summed E-state index contributed by atoms with van der Waals surface area (Å²) < 4.78 is 5.01. The molecule has 1 aliphatic carbocycles. The minimum Gasteiger partial charge on any atom is -0.480 e. The van der Waals surface area contributed by atoms with E-state index in [2.05, 4.69) is 10.6 Å². The van der Waals surface area contributed by atoms with Crippen molar-refractivity contribution < 1.29 is 24.2 Å². The van der Waals surface area contributed by atoms with Crippen molar-refractivity contribution in [1.29, 1.82) is 0 Å². The van der Waals surface area contributed by atoms with E-state index in [1.165, 1.54) is 12.1 Å². The van der Waals surface area contributed by atoms with E-state index in [1.54, 1.807) is 12.1 Å². The molecule has 3 N–H and O–H groups in total. The SMILES string of the molecule is C1COCCN1.CC(C)C[C@H](NC1=C(Cl)C(=O)c2ccccc2C1=O)C(=O)O. The van der Waals surface area contributed by atoms with Crippen LogP contribution < -0.4 is 10.6 Å². The lowest BCUT2D eigenvalue weighted by Gasteiger charge is -2.23. The van der Waals surface area contributed by atoms with Crippen LogP contribution in [-0.2, 0) is 9.53 Å². The zero-order valence-corrected chi connectivity index (χ0v) is 16.7. The quantitative estimate of drug-likeness (QED) is 0.686. The highest BCUT2D eigenvalue weighted by Crippen LogP contribution is 2.27. The van der Waals surface area contributed by atoms with Crippen molar-refractivity contribution in [2.75, 3.05) is 26.3 Å². The second-order valence-electron chi connectivity index (χ2n) is 6.92. The van der Waals surface area contributed by atoms with Crippen molar-refractivity contribution in [2.45, 2.75) is 26.3 Å². The van der Waals surface area contributed by atoms with Crippen LogP contribution >= 0.6 is 11.6 Å². The maximum Gasteiger partial charge on any atom is 0.326 e. The Kier molecular flexibility index (Phi) is 8.17. The minimum absolute atomic E-state index is 0.106. The first-order chi connectivity index (χ1) is 13.3. The third kappa shape index (κ3) is 5.64. The summed E-state index contributed by atoms with van der Waals surface area (Å²) in [4.78, 5) is 36.0. The fraction of sp³-hybridized carbons (Fsp3) is 0.450. The van der Waals surface area contributed by atoms with Gasteiger partial charge in [0, 0.05) is 24.2 Å². The van der Waals surface area contributed by atoms with Crippen LogP contribution in [0.2, 0.25) is 0 Å². The molecule has 28 heavy (non-hydrogen) atoms. The monoisotopic (exact) mass is 408 g/mol. The first-order valence-electron chi connectivity index (χ1n) is 9.19. The third-order valence-electron chi connectivity index (χ3n) is 4.23. The van der Waals surface area contributed by atoms with Crippen LogP contribution in [0.4, 0.5) is 0 Å². The van der Waals surface area contributed by atoms with Gasteiger partial charge >= 0.3 is 5.97 Å². The molecule has 1 saturated heterocycles. The Hall–Kier alpha value is -2.22. The van der Waals surface area contributed by atoms with Crippen LogP contribution in [0.1, 0.15) is 41.0 Å². The first-order valence-corrected chi connectivity index (χ1v) is 9.56. The number of carbonyl (C=O) groups excluding carboxylic acids is 2. The molecular formula is C20H25ClN2O5. The average molecular weight is 409 g/mol. The highest BCUT2D eigenvalue weighted by Gasteiger charge is 2.33. The number of carboxylic acids is 1. The van der Waals surface area contributed by atoms with Crippen molar-refractivity contribution in [3.05, 3.63) is 46.1 Å². The standard InChI is InChI=1S/C16H16ClNO4.C4H9NO/c1-8(2)7-11(16(21)22)18-13-12(17)14(19)9-5-3-4-6-10(9)15(13)20;1-3-6-4-2-5-1/h3-6,8,11,18H,7H2,1-2H3,(H,21,22);5H,1-4H2/t11-;/m0./s1. The van der Waals surface area contributed by atoms with Gasteiger partial charge in [0.25, 0.3) is 0 Å². The van der Waals surface area contributed by atoms with Crippen LogP contribution in [0.5, 0.6) is 0 Å². The number of benzene rings is 1. The van der Waals surface area contributed by atoms with Gasteiger partial charge in [0.1, 0.15) is 16.8 Å². The Morgan fingerprint density at radius 1 is 1.18 bits per heavy atom. The Morgan fingerprint density at radius 3 is 2.18 bits per heavy atom. The molecule has 2 aliphatic rings. The Balaban J connectivity index is 0.000000397. The number of rotatable bonds is 5. The average Bonchev–Trinajstić information content (AvgIpc) is 2.70. The van der Waals surface area contributed by atoms with Gasteiger partial charge in [-0.05, 0) is 12.3 Å². The molecule has 0 unspecified atom stereocenters. The minimum atomic E-state index is -1.09. The normalized spacial score (nSPS) is 17.6. The molecule has 1 aliphatic heterocycles. The van der Waals surface area contributed by atoms with E-state index < -0.39 is 23.6 Å². The lowest BCUT2D eigenvalue weighted by atomic mass is 9.91. The number of morpholine rings is 1. The molecule has 1 aromatic rings. The molecule has 1 fully saturated rings. The van der Waals surface area contributed by atoms with E-state index in [0.29, 0.717) is 6.42 Å². The molecule has 0 radical (unpaired) electrons. The summed E-state index contributed by atoms with van der Waals surface area (Å²) in [6, 6.07) is 5.36. The number of fused-ring (bicyclic) bond motifs is 1. The summed E-state index contributed by atoms with van der Waals surface area (Å²) in [6.45, 7) is 7.58. The van der Waals surface area contributed by atoms with Gasteiger partial charge in [-0.25, -0.2) is 4.79 Å². The summed E-state index contributed by atoms with van der Waals surface area (Å²) in [5.41, 5.74) is 0.324. The van der Waals surface area contributed by atoms with E-state index in [0.717, 1.165) is 26.3 Å². The number of hydrogen-bond donors (Lipinski definition) is 3. The van der Waals surface area contributed by atoms with E-state index in [9.17, 15) is 19.5 Å². The second-order valence-corrected chi connectivity index (χ2v) is 7.30. The number of Topliss-reactive ketones (excluding diaryl/α,β-unsaturated/α-hetero) is 2. The first kappa shape index (κ1) is 22.1. The molecule has 1 aromatic carbocycles. The predicted octanol–water partition coefficient (Wildman–Crippen LogP) is 2.21. The van der Waals surface area contributed by atoms with Gasteiger partial charge in [-0.2, -0.15) is 0 Å². The maximum absolute atomic E-state index is 12.5. The van der Waals surface area contributed by atoms with Crippen LogP contribution in [0.25, 0.3) is 0 Å². The summed E-state index contributed by atoms with van der Waals surface area (Å²) >= 11 is 5.99. The summed E-state index contributed by atoms with van der Waals surface area (Å²) in [5.74, 6) is -1.93. The number of allylic oxidation sites excluding steroid dienone is 2. The van der Waals surface area contributed by atoms with Gasteiger partial charge in [0.2, 0.25) is 11.6 Å². The van der Waals surface area contributed by atoms with Gasteiger partial charge in [-0.15, -0.1) is 0 Å². The Labute approximate surface area is 169 Å². The molecule has 0 aromatic heterocycles. The number of ketones is 2. The van der Waals surface area contributed by atoms with Crippen molar-refractivity contribution in [2.24, 2.45) is 5.92 Å². The highest BCUT2D eigenvalue weighted by molar-refractivity contribution is 6.49. The lowest BCUT2D eigenvalue weighted by Crippen LogP contribution is -2.41. The highest BCUT2D eigenvalue weighted by atomic mass is 35.5. The molecule has 152 valence electrons. The summed E-state index contributed by atoms with van der Waals surface area (Å²) in [7, 11) is 0. The van der Waals surface area contributed by atoms with Gasteiger partial charge in [0.15, 0.2) is 0 Å². The Morgan fingerprint density at radius 2 is 1.75 bits per heavy atom. The van der Waals surface area contributed by atoms with Gasteiger partial charge < -0.3 is 20.5 Å². The number of aliphatic carboxylic acids is 1. The third-order valence-corrected chi connectivity index (χ3v) is 4.59. The molecule has 3 rings (SSSR count). The largest absolute Gasteiger partial charge is 0.480 e. The molecular weight excluding hydrogens is 384 g/mol. The zero-order chi connectivity index (χ0) is 20.7. The fourth-order valence-electron chi connectivity index (χ4n) is 2.86. The Bertz CT molecular complexity index is 760. The molecule has 0 bridgehead atoms. The van der Waals surface area contributed by atoms with Crippen molar-refractivity contribution >= 4 is 29.1 Å². The van der Waals surface area contributed by atoms with Crippen LogP contribution in [0, 0.1) is 5.92 Å². The summed E-state index contributed by atoms with van der Waals surface area (Å²) in [5, 5.41) is 14.8. The molecule has 1 atom stereocenters. The van der Waals surface area contributed by atoms with Crippen LogP contribution in [0.15, 0.2) is 35.0 Å². The van der Waals surface area contributed by atoms with Crippen molar-refractivity contribution in [1.82, 2.24) is 10.6 Å². The van der Waals surface area contributed by atoms with E-state index in [1.807, 2.05) is 13.8 Å².